The van der Waals surface area contributed by atoms with Crippen molar-refractivity contribution >= 4 is 11.8 Å². The third kappa shape index (κ3) is 4.84. The molecule has 0 atom stereocenters. The summed E-state index contributed by atoms with van der Waals surface area (Å²) < 4.78 is 18.0. The first-order valence-corrected chi connectivity index (χ1v) is 6.27. The van der Waals surface area contributed by atoms with Gasteiger partial charge in [-0.05, 0) is 19.1 Å². The van der Waals surface area contributed by atoms with Crippen LogP contribution in [0.3, 0.4) is 0 Å². The van der Waals surface area contributed by atoms with E-state index in [1.165, 1.54) is 18.2 Å². The molecule has 0 spiro atoms. The molecule has 0 amide bonds. The molecule has 0 aliphatic rings. The van der Waals surface area contributed by atoms with E-state index in [1.54, 1.807) is 32.1 Å². The second kappa shape index (κ2) is 7.43. The van der Waals surface area contributed by atoms with Crippen molar-refractivity contribution in [2.24, 2.45) is 0 Å². The van der Waals surface area contributed by atoms with Gasteiger partial charge in [0.2, 0.25) is 0 Å². The average molecular weight is 279 g/mol. The van der Waals surface area contributed by atoms with Gasteiger partial charge in [0.1, 0.15) is 5.82 Å². The van der Waals surface area contributed by atoms with Crippen LogP contribution in [0.25, 0.3) is 0 Å². The van der Waals surface area contributed by atoms with E-state index < -0.39 is 11.8 Å². The Morgan fingerprint density at radius 3 is 2.60 bits per heavy atom. The Bertz CT molecular complexity index is 524. The van der Waals surface area contributed by atoms with Crippen LogP contribution in [-0.4, -0.2) is 37.4 Å². The number of Topliss-reactive ketones (excluding diaryl/α,β-unsaturated/α-hetero) is 1. The molecule has 0 aromatic heterocycles. The van der Waals surface area contributed by atoms with Crippen LogP contribution in [0, 0.1) is 5.82 Å². The topological polar surface area (TPSA) is 46.6 Å². The molecule has 1 aromatic carbocycles. The molecule has 0 aliphatic heterocycles. The molecule has 0 radical (unpaired) electrons. The monoisotopic (exact) mass is 279 g/mol. The summed E-state index contributed by atoms with van der Waals surface area (Å²) in [6.07, 6.45) is 1.41. The van der Waals surface area contributed by atoms with Crippen molar-refractivity contribution in [2.45, 2.75) is 13.3 Å². The van der Waals surface area contributed by atoms with E-state index in [9.17, 15) is 14.0 Å². The zero-order valence-electron chi connectivity index (χ0n) is 11.9. The highest BCUT2D eigenvalue weighted by Gasteiger charge is 2.17. The summed E-state index contributed by atoms with van der Waals surface area (Å²) in [5.74, 6) is -1.35. The molecule has 0 N–H and O–H groups in total. The van der Waals surface area contributed by atoms with Gasteiger partial charge < -0.3 is 9.64 Å². The fourth-order valence-corrected chi connectivity index (χ4v) is 1.68. The Hall–Kier alpha value is -2.17. The summed E-state index contributed by atoms with van der Waals surface area (Å²) in [5.41, 5.74) is 0.474. The molecule has 4 nitrogen and oxygen atoms in total. The standard InChI is InChI=1S/C15H18FNO3/c1-4-20-14(18)9-12(10-17(2)3)15(19)11-6-5-7-13(16)8-11/h5-8,10H,4,9H2,1-3H3/b12-10+. The van der Waals surface area contributed by atoms with Crippen LogP contribution in [0.4, 0.5) is 4.39 Å². The van der Waals surface area contributed by atoms with Crippen LogP contribution in [0.1, 0.15) is 23.7 Å². The number of carbonyl (C=O) groups is 2. The number of benzene rings is 1. The lowest BCUT2D eigenvalue weighted by Crippen LogP contribution is -2.15. The summed E-state index contributed by atoms with van der Waals surface area (Å²) in [5, 5.41) is 0. The Balaban J connectivity index is 2.99. The molecular weight excluding hydrogens is 261 g/mol. The van der Waals surface area contributed by atoms with Crippen molar-refractivity contribution in [1.82, 2.24) is 4.90 Å². The lowest BCUT2D eigenvalue weighted by atomic mass is 10.0. The summed E-state index contributed by atoms with van der Waals surface area (Å²) in [6.45, 7) is 1.95. The molecule has 0 bridgehead atoms. The lowest BCUT2D eigenvalue weighted by molar-refractivity contribution is -0.142. The molecule has 0 aliphatic carbocycles. The molecule has 5 heteroatoms. The molecule has 0 saturated carbocycles. The summed E-state index contributed by atoms with van der Waals surface area (Å²) in [6, 6.07) is 5.38. The van der Waals surface area contributed by atoms with E-state index in [0.29, 0.717) is 0 Å². The Morgan fingerprint density at radius 1 is 1.35 bits per heavy atom. The molecule has 108 valence electrons. The highest BCUT2D eigenvalue weighted by molar-refractivity contribution is 6.10. The fraction of sp³-hybridized carbons (Fsp3) is 0.333. The number of carbonyl (C=O) groups excluding carboxylic acids is 2. The van der Waals surface area contributed by atoms with E-state index in [1.807, 2.05) is 0 Å². The highest BCUT2D eigenvalue weighted by Crippen LogP contribution is 2.14. The summed E-state index contributed by atoms with van der Waals surface area (Å²) in [4.78, 5) is 25.5. The second-order valence-electron chi connectivity index (χ2n) is 4.44. The van der Waals surface area contributed by atoms with Gasteiger partial charge >= 0.3 is 5.97 Å². The van der Waals surface area contributed by atoms with Gasteiger partial charge in [0.15, 0.2) is 5.78 Å². The molecule has 1 rings (SSSR count). The Morgan fingerprint density at radius 2 is 2.05 bits per heavy atom. The second-order valence-corrected chi connectivity index (χ2v) is 4.44. The molecule has 20 heavy (non-hydrogen) atoms. The molecule has 1 aromatic rings. The van der Waals surface area contributed by atoms with E-state index in [2.05, 4.69) is 0 Å². The van der Waals surface area contributed by atoms with Gasteiger partial charge in [0.25, 0.3) is 0 Å². The normalized spacial score (nSPS) is 11.1. The first kappa shape index (κ1) is 15.9. The average Bonchev–Trinajstić information content (AvgIpc) is 2.37. The third-order valence-corrected chi connectivity index (χ3v) is 2.43. The van der Waals surface area contributed by atoms with Gasteiger partial charge in [-0.15, -0.1) is 0 Å². The number of ketones is 1. The van der Waals surface area contributed by atoms with Gasteiger partial charge in [-0.3, -0.25) is 9.59 Å². The van der Waals surface area contributed by atoms with E-state index in [0.717, 1.165) is 6.07 Å². The molecule has 0 unspecified atom stereocenters. The summed E-state index contributed by atoms with van der Waals surface area (Å²) >= 11 is 0. The summed E-state index contributed by atoms with van der Waals surface area (Å²) in [7, 11) is 3.48. The predicted octanol–water partition coefficient (Wildman–Crippen LogP) is 2.41. The van der Waals surface area contributed by atoms with Crippen LogP contribution >= 0.6 is 0 Å². The van der Waals surface area contributed by atoms with Crippen molar-refractivity contribution in [3.05, 3.63) is 47.4 Å². The van der Waals surface area contributed by atoms with E-state index in [4.69, 9.17) is 4.74 Å². The van der Waals surface area contributed by atoms with Gasteiger partial charge in [-0.1, -0.05) is 12.1 Å². The van der Waals surface area contributed by atoms with Crippen molar-refractivity contribution < 1.29 is 18.7 Å². The zero-order valence-corrected chi connectivity index (χ0v) is 11.9. The Kier molecular flexibility index (Phi) is 5.90. The van der Waals surface area contributed by atoms with Crippen molar-refractivity contribution in [1.29, 1.82) is 0 Å². The first-order valence-electron chi connectivity index (χ1n) is 6.27. The largest absolute Gasteiger partial charge is 0.466 e. The minimum Gasteiger partial charge on any atom is -0.466 e. The number of hydrogen-bond donors (Lipinski definition) is 0. The number of nitrogens with zero attached hydrogens (tertiary/aromatic N) is 1. The lowest BCUT2D eigenvalue weighted by Gasteiger charge is -2.11. The SMILES string of the molecule is CCOC(=O)C/C(=C\N(C)C)C(=O)c1cccc(F)c1. The van der Waals surface area contributed by atoms with Crippen LogP contribution in [0.5, 0.6) is 0 Å². The zero-order chi connectivity index (χ0) is 15.1. The van der Waals surface area contributed by atoms with E-state index in [-0.39, 0.29) is 29.9 Å². The quantitative estimate of drug-likeness (QED) is 0.456. The van der Waals surface area contributed by atoms with Crippen molar-refractivity contribution in [2.75, 3.05) is 20.7 Å². The molecule has 0 heterocycles. The maximum absolute atomic E-state index is 13.2. The van der Waals surface area contributed by atoms with Crippen LogP contribution < -0.4 is 0 Å². The molecule has 0 fully saturated rings. The van der Waals surface area contributed by atoms with Crippen LogP contribution in [-0.2, 0) is 9.53 Å². The van der Waals surface area contributed by atoms with Gasteiger partial charge in [-0.25, -0.2) is 4.39 Å². The number of halogens is 1. The minimum atomic E-state index is -0.490. The predicted molar refractivity (Wildman–Crippen MR) is 73.8 cm³/mol. The maximum Gasteiger partial charge on any atom is 0.310 e. The Labute approximate surface area is 117 Å². The third-order valence-electron chi connectivity index (χ3n) is 2.43. The van der Waals surface area contributed by atoms with Crippen LogP contribution in [0.2, 0.25) is 0 Å². The van der Waals surface area contributed by atoms with Crippen molar-refractivity contribution in [3.63, 3.8) is 0 Å². The first-order chi connectivity index (χ1) is 9.43. The van der Waals surface area contributed by atoms with Gasteiger partial charge in [0.05, 0.1) is 13.0 Å². The number of hydrogen-bond acceptors (Lipinski definition) is 4. The number of rotatable bonds is 6. The van der Waals surface area contributed by atoms with E-state index >= 15 is 0 Å². The van der Waals surface area contributed by atoms with Crippen LogP contribution in [0.15, 0.2) is 36.0 Å². The van der Waals surface area contributed by atoms with Crippen molar-refractivity contribution in [3.8, 4) is 0 Å². The fourth-order valence-electron chi connectivity index (χ4n) is 1.68. The van der Waals surface area contributed by atoms with Gasteiger partial charge in [-0.2, -0.15) is 0 Å². The highest BCUT2D eigenvalue weighted by atomic mass is 19.1. The smallest absolute Gasteiger partial charge is 0.310 e. The molecular formula is C15H18FNO3. The number of esters is 1. The number of ether oxygens (including phenoxy) is 1. The minimum absolute atomic E-state index is 0.138. The molecule has 0 saturated heterocycles. The maximum atomic E-state index is 13.2. The van der Waals surface area contributed by atoms with Gasteiger partial charge in [0, 0.05) is 31.4 Å².